The van der Waals surface area contributed by atoms with Crippen LogP contribution in [0, 0.1) is 6.92 Å². The molecule has 2 aromatic carbocycles. The fraction of sp³-hybridized carbons (Fsp3) is 0.250. The van der Waals surface area contributed by atoms with Gasteiger partial charge in [0.2, 0.25) is 0 Å². The normalized spacial score (nSPS) is 19.2. The number of hydrogen-bond acceptors (Lipinski definition) is 2. The Hall–Kier alpha value is -1.35. The maximum Gasteiger partial charge on any atom is 0.0987 e. The molecule has 2 unspecified atom stereocenters. The molecular formula is C16H16ClNO. The number of fused-ring (bicyclic) bond motifs is 1. The first-order chi connectivity index (χ1) is 9.16. The van der Waals surface area contributed by atoms with Crippen LogP contribution in [0.2, 0.25) is 5.02 Å². The Labute approximate surface area is 118 Å². The lowest BCUT2D eigenvalue weighted by molar-refractivity contribution is 0.133. The molecule has 0 aromatic heterocycles. The minimum Gasteiger partial charge on any atom is -0.386 e. The van der Waals surface area contributed by atoms with Crippen LogP contribution in [0.15, 0.2) is 42.5 Å². The van der Waals surface area contributed by atoms with Crippen molar-refractivity contribution in [1.29, 1.82) is 0 Å². The molecule has 0 saturated heterocycles. The van der Waals surface area contributed by atoms with Gasteiger partial charge in [-0.05, 0) is 41.3 Å². The first kappa shape index (κ1) is 12.7. The van der Waals surface area contributed by atoms with Crippen molar-refractivity contribution in [3.05, 3.63) is 69.7 Å². The van der Waals surface area contributed by atoms with Gasteiger partial charge in [0.25, 0.3) is 0 Å². The second-order valence-corrected chi connectivity index (χ2v) is 5.44. The Morgan fingerprint density at radius 3 is 2.84 bits per heavy atom. The van der Waals surface area contributed by atoms with E-state index >= 15 is 0 Å². The lowest BCUT2D eigenvalue weighted by Crippen LogP contribution is -2.20. The average Bonchev–Trinajstić information content (AvgIpc) is 2.82. The highest BCUT2D eigenvalue weighted by atomic mass is 35.5. The Kier molecular flexibility index (Phi) is 3.31. The number of rotatable bonds is 2. The van der Waals surface area contributed by atoms with E-state index in [4.69, 9.17) is 11.6 Å². The highest BCUT2D eigenvalue weighted by molar-refractivity contribution is 6.30. The van der Waals surface area contributed by atoms with Crippen molar-refractivity contribution in [3.63, 3.8) is 0 Å². The third kappa shape index (κ3) is 2.27. The molecule has 2 nitrogen and oxygen atoms in total. The summed E-state index contributed by atoms with van der Waals surface area (Å²) in [5.74, 6) is 0. The SMILES string of the molecule is Cc1cc(Cl)ccc1C(O)C1NCc2ccccc21. The number of aryl methyl sites for hydroxylation is 1. The summed E-state index contributed by atoms with van der Waals surface area (Å²) in [5, 5.41) is 14.7. The molecule has 2 N–H and O–H groups in total. The summed E-state index contributed by atoms with van der Waals surface area (Å²) in [6.45, 7) is 2.79. The van der Waals surface area contributed by atoms with Crippen LogP contribution >= 0.6 is 11.6 Å². The Morgan fingerprint density at radius 2 is 2.05 bits per heavy atom. The summed E-state index contributed by atoms with van der Waals surface area (Å²) in [4.78, 5) is 0. The van der Waals surface area contributed by atoms with Crippen molar-refractivity contribution < 1.29 is 5.11 Å². The molecule has 0 bridgehead atoms. The minimum absolute atomic E-state index is 0.0453. The standard InChI is InChI=1S/C16H16ClNO/c1-10-8-12(17)6-7-13(10)16(19)15-14-5-3-2-4-11(14)9-18-15/h2-8,15-16,18-19H,9H2,1H3. The quantitative estimate of drug-likeness (QED) is 0.877. The maximum absolute atomic E-state index is 10.6. The predicted octanol–water partition coefficient (Wildman–Crippen LogP) is 3.53. The van der Waals surface area contributed by atoms with Gasteiger partial charge in [-0.3, -0.25) is 0 Å². The molecular weight excluding hydrogens is 258 g/mol. The van der Waals surface area contributed by atoms with Gasteiger partial charge in [-0.25, -0.2) is 0 Å². The predicted molar refractivity (Wildman–Crippen MR) is 77.2 cm³/mol. The van der Waals surface area contributed by atoms with Gasteiger partial charge in [0, 0.05) is 11.6 Å². The van der Waals surface area contributed by atoms with E-state index in [9.17, 15) is 5.11 Å². The highest BCUT2D eigenvalue weighted by Gasteiger charge is 2.29. The molecule has 3 rings (SSSR count). The van der Waals surface area contributed by atoms with E-state index in [1.54, 1.807) is 0 Å². The molecule has 0 spiro atoms. The van der Waals surface area contributed by atoms with Crippen molar-refractivity contribution in [3.8, 4) is 0 Å². The zero-order chi connectivity index (χ0) is 13.4. The first-order valence-corrected chi connectivity index (χ1v) is 6.80. The fourth-order valence-electron chi connectivity index (χ4n) is 2.76. The number of hydrogen-bond donors (Lipinski definition) is 2. The van der Waals surface area contributed by atoms with Gasteiger partial charge in [-0.1, -0.05) is 41.9 Å². The van der Waals surface area contributed by atoms with E-state index in [1.807, 2.05) is 37.3 Å². The summed E-state index contributed by atoms with van der Waals surface area (Å²) >= 11 is 5.97. The van der Waals surface area contributed by atoms with E-state index in [-0.39, 0.29) is 6.04 Å². The number of nitrogens with one attached hydrogen (secondary N) is 1. The fourth-order valence-corrected chi connectivity index (χ4v) is 2.99. The monoisotopic (exact) mass is 273 g/mol. The molecule has 2 aromatic rings. The van der Waals surface area contributed by atoms with Crippen LogP contribution in [0.5, 0.6) is 0 Å². The first-order valence-electron chi connectivity index (χ1n) is 6.42. The van der Waals surface area contributed by atoms with E-state index < -0.39 is 6.10 Å². The van der Waals surface area contributed by atoms with Gasteiger partial charge in [-0.2, -0.15) is 0 Å². The highest BCUT2D eigenvalue weighted by Crippen LogP contribution is 2.36. The maximum atomic E-state index is 10.6. The molecule has 1 aliphatic rings. The Balaban J connectivity index is 1.95. The van der Waals surface area contributed by atoms with E-state index in [0.717, 1.165) is 17.7 Å². The van der Waals surface area contributed by atoms with Crippen molar-refractivity contribution >= 4 is 11.6 Å². The van der Waals surface area contributed by atoms with Gasteiger partial charge in [0.1, 0.15) is 0 Å². The largest absolute Gasteiger partial charge is 0.386 e. The summed E-state index contributed by atoms with van der Waals surface area (Å²) in [6, 6.07) is 13.8. The van der Waals surface area contributed by atoms with E-state index in [0.29, 0.717) is 5.02 Å². The van der Waals surface area contributed by atoms with Crippen molar-refractivity contribution in [2.75, 3.05) is 0 Å². The van der Waals surface area contributed by atoms with Crippen LogP contribution in [0.1, 0.15) is 34.4 Å². The second-order valence-electron chi connectivity index (χ2n) is 5.00. The van der Waals surface area contributed by atoms with Crippen LogP contribution in [-0.4, -0.2) is 5.11 Å². The summed E-state index contributed by atoms with van der Waals surface area (Å²) in [6.07, 6.45) is -0.555. The molecule has 0 fully saturated rings. The number of halogens is 1. The zero-order valence-electron chi connectivity index (χ0n) is 10.7. The number of aliphatic hydroxyl groups is 1. The molecule has 0 aliphatic carbocycles. The van der Waals surface area contributed by atoms with Gasteiger partial charge < -0.3 is 10.4 Å². The van der Waals surface area contributed by atoms with E-state index in [1.165, 1.54) is 11.1 Å². The van der Waals surface area contributed by atoms with Crippen LogP contribution in [-0.2, 0) is 6.54 Å². The molecule has 0 radical (unpaired) electrons. The molecule has 2 atom stereocenters. The van der Waals surface area contributed by atoms with Gasteiger partial charge in [0.15, 0.2) is 0 Å². The number of aliphatic hydroxyl groups excluding tert-OH is 1. The lowest BCUT2D eigenvalue weighted by Gasteiger charge is -2.21. The zero-order valence-corrected chi connectivity index (χ0v) is 11.5. The van der Waals surface area contributed by atoms with Crippen molar-refractivity contribution in [2.45, 2.75) is 25.6 Å². The topological polar surface area (TPSA) is 32.3 Å². The van der Waals surface area contributed by atoms with Crippen LogP contribution in [0.3, 0.4) is 0 Å². The molecule has 1 aliphatic heterocycles. The minimum atomic E-state index is -0.555. The van der Waals surface area contributed by atoms with Gasteiger partial charge in [-0.15, -0.1) is 0 Å². The Bertz CT molecular complexity index is 611. The summed E-state index contributed by atoms with van der Waals surface area (Å²) in [5.41, 5.74) is 4.40. The smallest absolute Gasteiger partial charge is 0.0987 e. The van der Waals surface area contributed by atoms with Gasteiger partial charge >= 0.3 is 0 Å². The molecule has 3 heteroatoms. The second kappa shape index (κ2) is 4.97. The summed E-state index contributed by atoms with van der Waals surface area (Å²) < 4.78 is 0. The number of benzene rings is 2. The van der Waals surface area contributed by atoms with Crippen LogP contribution < -0.4 is 5.32 Å². The van der Waals surface area contributed by atoms with Crippen molar-refractivity contribution in [2.24, 2.45) is 0 Å². The van der Waals surface area contributed by atoms with E-state index in [2.05, 4.69) is 17.4 Å². The Morgan fingerprint density at radius 1 is 1.26 bits per heavy atom. The van der Waals surface area contributed by atoms with Gasteiger partial charge in [0.05, 0.1) is 12.1 Å². The molecule has 0 amide bonds. The molecule has 19 heavy (non-hydrogen) atoms. The molecule has 98 valence electrons. The third-order valence-electron chi connectivity index (χ3n) is 3.77. The third-order valence-corrected chi connectivity index (χ3v) is 4.00. The van der Waals surface area contributed by atoms with Crippen molar-refractivity contribution in [1.82, 2.24) is 5.32 Å². The van der Waals surface area contributed by atoms with Crippen LogP contribution in [0.25, 0.3) is 0 Å². The molecule has 1 heterocycles. The molecule has 0 saturated carbocycles. The average molecular weight is 274 g/mol. The summed E-state index contributed by atoms with van der Waals surface area (Å²) in [7, 11) is 0. The lowest BCUT2D eigenvalue weighted by atomic mass is 9.93. The van der Waals surface area contributed by atoms with Crippen LogP contribution in [0.4, 0.5) is 0 Å².